The average molecular weight is 460 g/mol. The molecule has 8 nitrogen and oxygen atoms in total. The Morgan fingerprint density at radius 2 is 2.21 bits per heavy atom. The summed E-state index contributed by atoms with van der Waals surface area (Å²) < 4.78 is 7.32. The topological polar surface area (TPSA) is 93.1 Å². The number of carbonyl (C=O) groups is 2. The zero-order valence-corrected chi connectivity index (χ0v) is 17.7. The first-order valence-corrected chi connectivity index (χ1v) is 10.4. The number of hydrogen-bond donors (Lipinski definition) is 1. The Morgan fingerprint density at radius 1 is 1.34 bits per heavy atom. The molecule has 0 bridgehead atoms. The standard InChI is InChI=1S/C20H22BrN5O3/c1-29-20(28)15-9-14-11-17(23-19(14)16(21)10-15)13-3-2-6-25(12-13)18(27)4-7-26-8-5-22-24-26/h5,8-11,13,23H,2-4,6-7,12H2,1H3. The number of benzene rings is 1. The van der Waals surface area contributed by atoms with Gasteiger partial charge in [-0.05, 0) is 47.0 Å². The lowest BCUT2D eigenvalue weighted by Gasteiger charge is -2.32. The van der Waals surface area contributed by atoms with Crippen LogP contribution in [0.2, 0.25) is 0 Å². The number of methoxy groups -OCH3 is 1. The van der Waals surface area contributed by atoms with Crippen molar-refractivity contribution in [2.75, 3.05) is 20.2 Å². The van der Waals surface area contributed by atoms with E-state index in [-0.39, 0.29) is 17.8 Å². The molecule has 1 aliphatic heterocycles. The van der Waals surface area contributed by atoms with Crippen LogP contribution in [-0.2, 0) is 16.1 Å². The van der Waals surface area contributed by atoms with E-state index in [1.807, 2.05) is 11.0 Å². The van der Waals surface area contributed by atoms with Gasteiger partial charge in [-0.2, -0.15) is 0 Å². The quantitative estimate of drug-likeness (QED) is 0.591. The van der Waals surface area contributed by atoms with Gasteiger partial charge in [0.05, 0.1) is 30.9 Å². The summed E-state index contributed by atoms with van der Waals surface area (Å²) in [5, 5.41) is 8.62. The number of halogens is 1. The van der Waals surface area contributed by atoms with E-state index in [1.54, 1.807) is 23.1 Å². The molecule has 1 amide bonds. The second-order valence-corrected chi connectivity index (χ2v) is 8.09. The Labute approximate surface area is 176 Å². The second kappa shape index (κ2) is 8.36. The monoisotopic (exact) mass is 459 g/mol. The van der Waals surface area contributed by atoms with Crippen LogP contribution < -0.4 is 0 Å². The zero-order chi connectivity index (χ0) is 20.4. The smallest absolute Gasteiger partial charge is 0.337 e. The third kappa shape index (κ3) is 4.19. The number of nitrogens with zero attached hydrogens (tertiary/aromatic N) is 4. The van der Waals surface area contributed by atoms with E-state index in [2.05, 4.69) is 37.3 Å². The molecule has 9 heteroatoms. The molecule has 2 aromatic heterocycles. The van der Waals surface area contributed by atoms with Crippen molar-refractivity contribution in [1.82, 2.24) is 24.9 Å². The minimum Gasteiger partial charge on any atom is -0.465 e. The van der Waals surface area contributed by atoms with Gasteiger partial charge in [-0.25, -0.2) is 4.79 Å². The van der Waals surface area contributed by atoms with Gasteiger partial charge in [-0.15, -0.1) is 5.10 Å². The first kappa shape index (κ1) is 19.6. The number of likely N-dealkylation sites (tertiary alicyclic amines) is 1. The third-order valence-corrected chi connectivity index (χ3v) is 5.99. The number of aryl methyl sites for hydroxylation is 1. The molecule has 1 fully saturated rings. The largest absolute Gasteiger partial charge is 0.465 e. The van der Waals surface area contributed by atoms with Crippen LogP contribution >= 0.6 is 15.9 Å². The number of esters is 1. The summed E-state index contributed by atoms with van der Waals surface area (Å²) in [7, 11) is 1.37. The Balaban J connectivity index is 1.48. The van der Waals surface area contributed by atoms with E-state index in [1.165, 1.54) is 7.11 Å². The van der Waals surface area contributed by atoms with E-state index in [9.17, 15) is 9.59 Å². The third-order valence-electron chi connectivity index (χ3n) is 5.36. The summed E-state index contributed by atoms with van der Waals surface area (Å²) >= 11 is 3.54. The number of nitrogens with one attached hydrogen (secondary N) is 1. The lowest BCUT2D eigenvalue weighted by Crippen LogP contribution is -2.39. The van der Waals surface area contributed by atoms with Crippen molar-refractivity contribution in [3.05, 3.63) is 46.3 Å². The minimum atomic E-state index is -0.364. The summed E-state index contributed by atoms with van der Waals surface area (Å²) in [5.41, 5.74) is 2.53. The van der Waals surface area contributed by atoms with Gasteiger partial charge in [0.1, 0.15) is 0 Å². The summed E-state index contributed by atoms with van der Waals surface area (Å²) in [6.45, 7) is 2.00. The molecule has 3 aromatic rings. The molecule has 29 heavy (non-hydrogen) atoms. The molecule has 1 atom stereocenters. The van der Waals surface area contributed by atoms with Crippen molar-refractivity contribution < 1.29 is 14.3 Å². The van der Waals surface area contributed by atoms with E-state index in [0.29, 0.717) is 25.1 Å². The zero-order valence-electron chi connectivity index (χ0n) is 16.1. The molecule has 0 spiro atoms. The predicted octanol–water partition coefficient (Wildman–Crippen LogP) is 3.10. The number of carbonyl (C=O) groups excluding carboxylic acids is 2. The summed E-state index contributed by atoms with van der Waals surface area (Å²) in [5.74, 6) is 0.00702. The maximum Gasteiger partial charge on any atom is 0.337 e. The summed E-state index contributed by atoms with van der Waals surface area (Å²) in [4.78, 5) is 29.9. The van der Waals surface area contributed by atoms with Gasteiger partial charge in [-0.3, -0.25) is 9.48 Å². The van der Waals surface area contributed by atoms with Crippen molar-refractivity contribution in [2.45, 2.75) is 31.7 Å². The van der Waals surface area contributed by atoms with Gasteiger partial charge < -0.3 is 14.6 Å². The molecule has 4 rings (SSSR count). The molecule has 3 heterocycles. The number of aromatic amines is 1. The lowest BCUT2D eigenvalue weighted by atomic mass is 9.94. The molecule has 0 radical (unpaired) electrons. The number of aromatic nitrogens is 4. The van der Waals surface area contributed by atoms with E-state index in [0.717, 1.165) is 40.5 Å². The number of fused-ring (bicyclic) bond motifs is 1. The van der Waals surface area contributed by atoms with Crippen LogP contribution in [0.3, 0.4) is 0 Å². The lowest BCUT2D eigenvalue weighted by molar-refractivity contribution is -0.132. The van der Waals surface area contributed by atoms with Crippen molar-refractivity contribution >= 4 is 38.7 Å². The van der Waals surface area contributed by atoms with Crippen LogP contribution in [-0.4, -0.2) is 57.0 Å². The first-order chi connectivity index (χ1) is 14.0. The molecule has 1 aromatic carbocycles. The highest BCUT2D eigenvalue weighted by Gasteiger charge is 2.26. The van der Waals surface area contributed by atoms with Crippen LogP contribution in [0.1, 0.15) is 41.2 Å². The number of ether oxygens (including phenoxy) is 1. The highest BCUT2D eigenvalue weighted by atomic mass is 79.9. The number of hydrogen-bond acceptors (Lipinski definition) is 5. The summed E-state index contributed by atoms with van der Waals surface area (Å²) in [6.07, 6.45) is 5.76. The highest BCUT2D eigenvalue weighted by Crippen LogP contribution is 2.32. The molecule has 1 N–H and O–H groups in total. The van der Waals surface area contributed by atoms with Crippen molar-refractivity contribution in [3.63, 3.8) is 0 Å². The van der Waals surface area contributed by atoms with Gasteiger partial charge in [-0.1, -0.05) is 5.21 Å². The van der Waals surface area contributed by atoms with E-state index in [4.69, 9.17) is 4.74 Å². The van der Waals surface area contributed by atoms with Crippen LogP contribution in [0.4, 0.5) is 0 Å². The van der Waals surface area contributed by atoms with Gasteiger partial charge in [0.25, 0.3) is 0 Å². The normalized spacial score (nSPS) is 16.9. The number of rotatable bonds is 5. The Hall–Kier alpha value is -2.68. The molecule has 1 unspecified atom stereocenters. The van der Waals surface area contributed by atoms with Gasteiger partial charge in [0.15, 0.2) is 0 Å². The van der Waals surface area contributed by atoms with Crippen LogP contribution in [0.5, 0.6) is 0 Å². The van der Waals surface area contributed by atoms with Gasteiger partial charge in [0.2, 0.25) is 5.91 Å². The SMILES string of the molecule is COC(=O)c1cc(Br)c2[nH]c(C3CCCN(C(=O)CCn4ccnn4)C3)cc2c1. The maximum absolute atomic E-state index is 12.6. The molecule has 152 valence electrons. The number of piperidine rings is 1. The van der Waals surface area contributed by atoms with Crippen molar-refractivity contribution in [1.29, 1.82) is 0 Å². The second-order valence-electron chi connectivity index (χ2n) is 7.23. The molecular formula is C20H22BrN5O3. The van der Waals surface area contributed by atoms with Crippen molar-refractivity contribution in [2.24, 2.45) is 0 Å². The fourth-order valence-electron chi connectivity index (χ4n) is 3.86. The summed E-state index contributed by atoms with van der Waals surface area (Å²) in [6, 6.07) is 5.66. The fourth-order valence-corrected chi connectivity index (χ4v) is 4.43. The van der Waals surface area contributed by atoms with E-state index >= 15 is 0 Å². The number of amides is 1. The van der Waals surface area contributed by atoms with Gasteiger partial charge >= 0.3 is 5.97 Å². The van der Waals surface area contributed by atoms with Crippen molar-refractivity contribution in [3.8, 4) is 0 Å². The highest BCUT2D eigenvalue weighted by molar-refractivity contribution is 9.10. The Morgan fingerprint density at radius 3 is 2.97 bits per heavy atom. The molecular weight excluding hydrogens is 438 g/mol. The first-order valence-electron chi connectivity index (χ1n) is 9.57. The average Bonchev–Trinajstić information content (AvgIpc) is 3.41. The van der Waals surface area contributed by atoms with Crippen LogP contribution in [0.25, 0.3) is 10.9 Å². The predicted molar refractivity (Wildman–Crippen MR) is 111 cm³/mol. The van der Waals surface area contributed by atoms with Gasteiger partial charge in [0, 0.05) is 47.2 Å². The molecule has 1 saturated heterocycles. The van der Waals surface area contributed by atoms with Crippen LogP contribution in [0, 0.1) is 0 Å². The molecule has 1 aliphatic rings. The Bertz CT molecular complexity index is 1030. The molecule has 0 saturated carbocycles. The molecule has 0 aliphatic carbocycles. The number of H-pyrrole nitrogens is 1. The van der Waals surface area contributed by atoms with E-state index < -0.39 is 0 Å². The minimum absolute atomic E-state index is 0.135. The maximum atomic E-state index is 12.6. The van der Waals surface area contributed by atoms with Crippen LogP contribution in [0.15, 0.2) is 35.1 Å². The Kier molecular flexibility index (Phi) is 5.66. The fraction of sp³-hybridized carbons (Fsp3) is 0.400.